The number of aryl methyl sites for hydroxylation is 1. The van der Waals surface area contributed by atoms with Crippen molar-refractivity contribution in [1.82, 2.24) is 0 Å². The molecule has 20 heavy (non-hydrogen) atoms. The van der Waals surface area contributed by atoms with E-state index in [4.69, 9.17) is 9.47 Å². The Balaban J connectivity index is 2.17. The van der Waals surface area contributed by atoms with Crippen LogP contribution in [0.4, 0.5) is 5.69 Å². The number of hydrogen-bond donors (Lipinski definition) is 1. The molecule has 0 unspecified atom stereocenters. The second kappa shape index (κ2) is 5.93. The van der Waals surface area contributed by atoms with Crippen LogP contribution in [0.25, 0.3) is 0 Å². The number of nitrogens with one attached hydrogen (secondary N) is 1. The van der Waals surface area contributed by atoms with Crippen LogP contribution in [0.15, 0.2) is 18.2 Å². The standard InChI is InChI=1S/C15H18N2O3/c1-11-9-12(19-2)3-4-13(11)17-14(18)15(10-16)5-7-20-8-6-15/h3-4,9H,5-8H2,1-2H3,(H,17,18). The monoisotopic (exact) mass is 274 g/mol. The van der Waals surface area contributed by atoms with Crippen molar-refractivity contribution < 1.29 is 14.3 Å². The SMILES string of the molecule is COc1ccc(NC(=O)C2(C#N)CCOCC2)c(C)c1. The zero-order valence-corrected chi connectivity index (χ0v) is 11.7. The molecule has 106 valence electrons. The Kier molecular flexibility index (Phi) is 4.26. The number of carbonyl (C=O) groups is 1. The minimum Gasteiger partial charge on any atom is -0.497 e. The molecule has 1 aromatic rings. The van der Waals surface area contributed by atoms with E-state index < -0.39 is 5.41 Å². The Hall–Kier alpha value is -2.06. The summed E-state index contributed by atoms with van der Waals surface area (Å²) in [5.74, 6) is 0.484. The van der Waals surface area contributed by atoms with Gasteiger partial charge in [0.15, 0.2) is 0 Å². The lowest BCUT2D eigenvalue weighted by Crippen LogP contribution is -2.40. The number of nitriles is 1. The maximum absolute atomic E-state index is 12.4. The lowest BCUT2D eigenvalue weighted by molar-refractivity contribution is -0.126. The fraction of sp³-hybridized carbons (Fsp3) is 0.467. The van der Waals surface area contributed by atoms with Gasteiger partial charge in [0, 0.05) is 18.9 Å². The predicted octanol–water partition coefficient (Wildman–Crippen LogP) is 2.26. The highest BCUT2D eigenvalue weighted by Crippen LogP contribution is 2.32. The van der Waals surface area contributed by atoms with Crippen LogP contribution < -0.4 is 10.1 Å². The van der Waals surface area contributed by atoms with Crippen molar-refractivity contribution in [2.45, 2.75) is 19.8 Å². The molecule has 0 spiro atoms. The van der Waals surface area contributed by atoms with E-state index in [-0.39, 0.29) is 5.91 Å². The van der Waals surface area contributed by atoms with Gasteiger partial charge in [-0.05, 0) is 43.5 Å². The van der Waals surface area contributed by atoms with Gasteiger partial charge in [0.05, 0.1) is 13.2 Å². The molecule has 5 nitrogen and oxygen atoms in total. The predicted molar refractivity (Wildman–Crippen MR) is 74.5 cm³/mol. The number of benzene rings is 1. The van der Waals surface area contributed by atoms with Crippen molar-refractivity contribution in [2.24, 2.45) is 5.41 Å². The number of methoxy groups -OCH3 is 1. The third-order valence-electron chi connectivity index (χ3n) is 3.68. The number of amides is 1. The molecule has 0 atom stereocenters. The van der Waals surface area contributed by atoms with Crippen molar-refractivity contribution in [3.05, 3.63) is 23.8 Å². The minimum absolute atomic E-state index is 0.253. The summed E-state index contributed by atoms with van der Waals surface area (Å²) in [6, 6.07) is 7.58. The first kappa shape index (κ1) is 14.4. The van der Waals surface area contributed by atoms with Crippen LogP contribution in [0.3, 0.4) is 0 Å². The number of anilines is 1. The largest absolute Gasteiger partial charge is 0.497 e. The Morgan fingerprint density at radius 1 is 1.45 bits per heavy atom. The number of ether oxygens (including phenoxy) is 2. The number of rotatable bonds is 3. The number of hydrogen-bond acceptors (Lipinski definition) is 4. The van der Waals surface area contributed by atoms with Gasteiger partial charge in [0.2, 0.25) is 5.91 Å². The van der Waals surface area contributed by atoms with Gasteiger partial charge in [0.1, 0.15) is 11.2 Å². The third kappa shape index (κ3) is 2.75. The van der Waals surface area contributed by atoms with Crippen LogP contribution >= 0.6 is 0 Å². The van der Waals surface area contributed by atoms with E-state index in [1.165, 1.54) is 0 Å². The second-order valence-corrected chi connectivity index (χ2v) is 4.94. The fourth-order valence-electron chi connectivity index (χ4n) is 2.25. The zero-order chi connectivity index (χ0) is 14.6. The van der Waals surface area contributed by atoms with Crippen LogP contribution in [0.1, 0.15) is 18.4 Å². The summed E-state index contributed by atoms with van der Waals surface area (Å²) in [6.07, 6.45) is 0.870. The summed E-state index contributed by atoms with van der Waals surface area (Å²) in [5, 5.41) is 12.2. The normalized spacial score (nSPS) is 17.1. The Labute approximate surface area is 118 Å². The molecule has 1 N–H and O–H groups in total. The van der Waals surface area contributed by atoms with Gasteiger partial charge in [-0.2, -0.15) is 5.26 Å². The van der Waals surface area contributed by atoms with Crippen molar-refractivity contribution in [2.75, 3.05) is 25.6 Å². The highest BCUT2D eigenvalue weighted by Gasteiger charge is 2.40. The van der Waals surface area contributed by atoms with Crippen molar-refractivity contribution in [3.63, 3.8) is 0 Å². The first-order chi connectivity index (χ1) is 9.61. The van der Waals surface area contributed by atoms with Gasteiger partial charge in [-0.25, -0.2) is 0 Å². The number of nitrogens with zero attached hydrogens (tertiary/aromatic N) is 1. The third-order valence-corrected chi connectivity index (χ3v) is 3.68. The summed E-state index contributed by atoms with van der Waals surface area (Å²) >= 11 is 0. The van der Waals surface area contributed by atoms with E-state index in [1.807, 2.05) is 13.0 Å². The van der Waals surface area contributed by atoms with Gasteiger partial charge in [0.25, 0.3) is 0 Å². The maximum atomic E-state index is 12.4. The zero-order valence-electron chi connectivity index (χ0n) is 11.7. The molecule has 5 heteroatoms. The van der Waals surface area contributed by atoms with E-state index in [9.17, 15) is 10.1 Å². The Bertz CT molecular complexity index is 543. The molecule has 1 saturated heterocycles. The van der Waals surface area contributed by atoms with Crippen molar-refractivity contribution >= 4 is 11.6 Å². The maximum Gasteiger partial charge on any atom is 0.245 e. The molecule has 1 fully saturated rings. The molecule has 0 radical (unpaired) electrons. The summed E-state index contributed by atoms with van der Waals surface area (Å²) in [4.78, 5) is 12.4. The van der Waals surface area contributed by atoms with Crippen molar-refractivity contribution in [1.29, 1.82) is 5.26 Å². The van der Waals surface area contributed by atoms with Crippen LogP contribution in [-0.2, 0) is 9.53 Å². The highest BCUT2D eigenvalue weighted by atomic mass is 16.5. The molecular formula is C15H18N2O3. The molecule has 1 aliphatic rings. The van der Waals surface area contributed by atoms with E-state index in [2.05, 4.69) is 11.4 Å². The lowest BCUT2D eigenvalue weighted by atomic mass is 9.81. The molecule has 1 amide bonds. The van der Waals surface area contributed by atoms with E-state index in [1.54, 1.807) is 19.2 Å². The van der Waals surface area contributed by atoms with Gasteiger partial charge < -0.3 is 14.8 Å². The molecule has 0 aromatic heterocycles. The molecule has 0 aliphatic carbocycles. The topological polar surface area (TPSA) is 71.3 Å². The summed E-state index contributed by atoms with van der Waals surface area (Å²) in [6.45, 7) is 2.78. The van der Waals surface area contributed by atoms with E-state index in [0.29, 0.717) is 31.7 Å². The molecule has 1 aliphatic heterocycles. The minimum atomic E-state index is -0.982. The fourth-order valence-corrected chi connectivity index (χ4v) is 2.25. The van der Waals surface area contributed by atoms with E-state index >= 15 is 0 Å². The van der Waals surface area contributed by atoms with Gasteiger partial charge >= 0.3 is 0 Å². The first-order valence-corrected chi connectivity index (χ1v) is 6.56. The lowest BCUT2D eigenvalue weighted by Gasteiger charge is -2.29. The smallest absolute Gasteiger partial charge is 0.245 e. The molecular weight excluding hydrogens is 256 g/mol. The van der Waals surface area contributed by atoms with Gasteiger partial charge in [-0.1, -0.05) is 0 Å². The molecule has 0 bridgehead atoms. The Morgan fingerprint density at radius 2 is 2.15 bits per heavy atom. The highest BCUT2D eigenvalue weighted by molar-refractivity contribution is 5.97. The van der Waals surface area contributed by atoms with Gasteiger partial charge in [-0.3, -0.25) is 4.79 Å². The van der Waals surface area contributed by atoms with Gasteiger partial charge in [-0.15, -0.1) is 0 Å². The molecule has 1 heterocycles. The first-order valence-electron chi connectivity index (χ1n) is 6.56. The summed E-state index contributed by atoms with van der Waals surface area (Å²) < 4.78 is 10.4. The number of carbonyl (C=O) groups excluding carboxylic acids is 1. The summed E-state index contributed by atoms with van der Waals surface area (Å²) in [5.41, 5.74) is 0.625. The van der Waals surface area contributed by atoms with Crippen LogP contribution in [0.2, 0.25) is 0 Å². The second-order valence-electron chi connectivity index (χ2n) is 4.94. The van der Waals surface area contributed by atoms with Crippen LogP contribution in [-0.4, -0.2) is 26.2 Å². The van der Waals surface area contributed by atoms with E-state index in [0.717, 1.165) is 11.3 Å². The summed E-state index contributed by atoms with van der Waals surface area (Å²) in [7, 11) is 1.60. The molecule has 2 rings (SSSR count). The average Bonchev–Trinajstić information content (AvgIpc) is 2.49. The molecule has 0 saturated carbocycles. The quantitative estimate of drug-likeness (QED) is 0.917. The molecule has 1 aromatic carbocycles. The van der Waals surface area contributed by atoms with Crippen LogP contribution in [0.5, 0.6) is 5.75 Å². The van der Waals surface area contributed by atoms with Crippen LogP contribution in [0, 0.1) is 23.7 Å². The van der Waals surface area contributed by atoms with Crippen molar-refractivity contribution in [3.8, 4) is 11.8 Å². The average molecular weight is 274 g/mol. The Morgan fingerprint density at radius 3 is 2.70 bits per heavy atom.